The van der Waals surface area contributed by atoms with E-state index in [0.29, 0.717) is 16.3 Å². The van der Waals surface area contributed by atoms with Crippen molar-refractivity contribution in [2.75, 3.05) is 11.4 Å². The third kappa shape index (κ3) is 2.72. The molecule has 3 rings (SSSR count). The molecule has 1 aliphatic rings. The van der Waals surface area contributed by atoms with Crippen LogP contribution in [-0.4, -0.2) is 21.6 Å². The van der Waals surface area contributed by atoms with Gasteiger partial charge in [-0.2, -0.15) is 0 Å². The van der Waals surface area contributed by atoms with Crippen molar-refractivity contribution >= 4 is 21.8 Å². The van der Waals surface area contributed by atoms with Crippen LogP contribution in [0.15, 0.2) is 53.4 Å². The number of sulfonamides is 1. The molecule has 1 atom stereocenters. The van der Waals surface area contributed by atoms with E-state index in [-0.39, 0.29) is 6.04 Å². The topological polar surface area (TPSA) is 46.6 Å². The highest BCUT2D eigenvalue weighted by molar-refractivity contribution is 7.92. The zero-order valence-electron chi connectivity index (χ0n) is 13.4. The van der Waals surface area contributed by atoms with Gasteiger partial charge in [-0.05, 0) is 44.2 Å². The van der Waals surface area contributed by atoms with Crippen LogP contribution < -0.4 is 9.04 Å². The molecule has 1 unspecified atom stereocenters. The van der Waals surface area contributed by atoms with Gasteiger partial charge in [0.1, 0.15) is 5.75 Å². The molecular formula is C18H19NO3S. The largest absolute Gasteiger partial charge is 0.497 e. The third-order valence-electron chi connectivity index (χ3n) is 3.97. The molecule has 0 aromatic heterocycles. The number of methoxy groups -OCH3 is 1. The van der Waals surface area contributed by atoms with Gasteiger partial charge in [0.2, 0.25) is 0 Å². The zero-order chi connectivity index (χ0) is 16.6. The van der Waals surface area contributed by atoms with E-state index in [1.807, 2.05) is 44.2 Å². The maximum atomic E-state index is 13.1. The minimum atomic E-state index is -3.62. The molecule has 0 aliphatic carbocycles. The highest BCUT2D eigenvalue weighted by Crippen LogP contribution is 2.35. The molecule has 0 spiro atoms. The fraction of sp³-hybridized carbons (Fsp3) is 0.222. The first-order valence-electron chi connectivity index (χ1n) is 7.41. The quantitative estimate of drug-likeness (QED) is 0.864. The Morgan fingerprint density at radius 1 is 1.09 bits per heavy atom. The number of hydrogen-bond donors (Lipinski definition) is 0. The summed E-state index contributed by atoms with van der Waals surface area (Å²) in [6.45, 7) is 3.81. The Balaban J connectivity index is 2.12. The predicted octanol–water partition coefficient (Wildman–Crippen LogP) is 3.61. The highest BCUT2D eigenvalue weighted by atomic mass is 32.2. The SMILES string of the molecule is COc1ccc2c(c1)C=CC(C)N2S(=O)(=O)c1ccc(C)cc1. The first-order valence-corrected chi connectivity index (χ1v) is 8.85. The molecule has 23 heavy (non-hydrogen) atoms. The average Bonchev–Trinajstić information content (AvgIpc) is 2.54. The van der Waals surface area contributed by atoms with E-state index in [9.17, 15) is 8.42 Å². The number of rotatable bonds is 3. The number of benzene rings is 2. The van der Waals surface area contributed by atoms with Crippen LogP contribution >= 0.6 is 0 Å². The van der Waals surface area contributed by atoms with Gasteiger partial charge < -0.3 is 4.74 Å². The Morgan fingerprint density at radius 3 is 2.43 bits per heavy atom. The van der Waals surface area contributed by atoms with Gasteiger partial charge in [-0.3, -0.25) is 4.31 Å². The minimum Gasteiger partial charge on any atom is -0.497 e. The van der Waals surface area contributed by atoms with Crippen molar-refractivity contribution in [3.8, 4) is 5.75 Å². The molecule has 0 fully saturated rings. The van der Waals surface area contributed by atoms with E-state index < -0.39 is 10.0 Å². The van der Waals surface area contributed by atoms with Gasteiger partial charge in [0, 0.05) is 5.56 Å². The molecule has 0 N–H and O–H groups in total. The molecule has 0 saturated heterocycles. The van der Waals surface area contributed by atoms with Crippen molar-refractivity contribution in [3.05, 3.63) is 59.7 Å². The predicted molar refractivity (Wildman–Crippen MR) is 92.3 cm³/mol. The lowest BCUT2D eigenvalue weighted by Crippen LogP contribution is -2.39. The highest BCUT2D eigenvalue weighted by Gasteiger charge is 2.31. The van der Waals surface area contributed by atoms with Crippen molar-refractivity contribution in [2.45, 2.75) is 24.8 Å². The summed E-state index contributed by atoms with van der Waals surface area (Å²) in [6.07, 6.45) is 3.82. The van der Waals surface area contributed by atoms with Crippen molar-refractivity contribution in [3.63, 3.8) is 0 Å². The molecule has 0 radical (unpaired) electrons. The van der Waals surface area contributed by atoms with Crippen LogP contribution in [0.3, 0.4) is 0 Å². The summed E-state index contributed by atoms with van der Waals surface area (Å²) in [5, 5.41) is 0. The fourth-order valence-corrected chi connectivity index (χ4v) is 4.35. The van der Waals surface area contributed by atoms with Crippen LogP contribution in [-0.2, 0) is 10.0 Å². The van der Waals surface area contributed by atoms with E-state index in [2.05, 4.69) is 0 Å². The number of fused-ring (bicyclic) bond motifs is 1. The van der Waals surface area contributed by atoms with Gasteiger partial charge in [-0.15, -0.1) is 0 Å². The Hall–Kier alpha value is -2.27. The van der Waals surface area contributed by atoms with Gasteiger partial charge in [0.25, 0.3) is 10.0 Å². The van der Waals surface area contributed by atoms with Crippen LogP contribution in [0.2, 0.25) is 0 Å². The van der Waals surface area contributed by atoms with Crippen molar-refractivity contribution in [1.29, 1.82) is 0 Å². The molecule has 2 aromatic rings. The molecule has 4 nitrogen and oxygen atoms in total. The van der Waals surface area contributed by atoms with Crippen LogP contribution in [0, 0.1) is 6.92 Å². The minimum absolute atomic E-state index is 0.248. The summed E-state index contributed by atoms with van der Waals surface area (Å²) in [7, 11) is -2.02. The van der Waals surface area contributed by atoms with E-state index >= 15 is 0 Å². The summed E-state index contributed by atoms with van der Waals surface area (Å²) in [5.74, 6) is 0.704. The zero-order valence-corrected chi connectivity index (χ0v) is 14.2. The molecular weight excluding hydrogens is 310 g/mol. The van der Waals surface area contributed by atoms with Gasteiger partial charge in [0.05, 0.1) is 23.7 Å². The lowest BCUT2D eigenvalue weighted by atomic mass is 10.1. The third-order valence-corrected chi connectivity index (χ3v) is 5.89. The average molecular weight is 329 g/mol. The first-order chi connectivity index (χ1) is 10.9. The van der Waals surface area contributed by atoms with Gasteiger partial charge in [-0.25, -0.2) is 8.42 Å². The number of ether oxygens (including phenoxy) is 1. The molecule has 1 aliphatic heterocycles. The Kier molecular flexibility index (Phi) is 3.90. The lowest BCUT2D eigenvalue weighted by Gasteiger charge is -2.33. The number of hydrogen-bond acceptors (Lipinski definition) is 3. The molecule has 0 saturated carbocycles. The smallest absolute Gasteiger partial charge is 0.264 e. The van der Waals surface area contributed by atoms with Crippen LogP contribution in [0.5, 0.6) is 5.75 Å². The van der Waals surface area contributed by atoms with Crippen molar-refractivity contribution in [1.82, 2.24) is 0 Å². The summed E-state index contributed by atoms with van der Waals surface area (Å²) in [4.78, 5) is 0.298. The standard InChI is InChI=1S/C18H19NO3S/c1-13-4-9-17(10-5-13)23(20,21)19-14(2)6-7-15-12-16(22-3)8-11-18(15)19/h4-12,14H,1-3H3. The van der Waals surface area contributed by atoms with E-state index in [0.717, 1.165) is 11.1 Å². The normalized spacial score (nSPS) is 17.0. The van der Waals surface area contributed by atoms with Gasteiger partial charge in [-0.1, -0.05) is 29.8 Å². The second-order valence-corrected chi connectivity index (χ2v) is 7.45. The summed E-state index contributed by atoms with van der Waals surface area (Å²) >= 11 is 0. The van der Waals surface area contributed by atoms with Crippen molar-refractivity contribution in [2.24, 2.45) is 0 Å². The summed E-state index contributed by atoms with van der Waals surface area (Å²) in [6, 6.07) is 12.1. The maximum Gasteiger partial charge on any atom is 0.264 e. The number of aryl methyl sites for hydroxylation is 1. The fourth-order valence-electron chi connectivity index (χ4n) is 2.71. The monoisotopic (exact) mass is 329 g/mol. The first kappa shape index (κ1) is 15.6. The Bertz CT molecular complexity index is 854. The Labute approximate surface area is 137 Å². The molecule has 2 aromatic carbocycles. The maximum absolute atomic E-state index is 13.1. The Morgan fingerprint density at radius 2 is 1.78 bits per heavy atom. The van der Waals surface area contributed by atoms with E-state index in [4.69, 9.17) is 4.74 Å². The van der Waals surface area contributed by atoms with Crippen LogP contribution in [0.4, 0.5) is 5.69 Å². The molecule has 0 bridgehead atoms. The number of anilines is 1. The van der Waals surface area contributed by atoms with Crippen molar-refractivity contribution < 1.29 is 13.2 Å². The second-order valence-electron chi connectivity index (χ2n) is 5.64. The van der Waals surface area contributed by atoms with Crippen LogP contribution in [0.25, 0.3) is 6.08 Å². The summed E-state index contributed by atoms with van der Waals surface area (Å²) < 4.78 is 32.9. The van der Waals surface area contributed by atoms with E-state index in [1.165, 1.54) is 4.31 Å². The van der Waals surface area contributed by atoms with Gasteiger partial charge in [0.15, 0.2) is 0 Å². The van der Waals surface area contributed by atoms with E-state index in [1.54, 1.807) is 31.4 Å². The van der Waals surface area contributed by atoms with Gasteiger partial charge >= 0.3 is 0 Å². The lowest BCUT2D eigenvalue weighted by molar-refractivity contribution is 0.414. The molecule has 1 heterocycles. The molecule has 120 valence electrons. The molecule has 5 heteroatoms. The molecule has 0 amide bonds. The summed E-state index contributed by atoms with van der Waals surface area (Å²) in [5.41, 5.74) is 2.53. The second kappa shape index (κ2) is 5.74. The number of nitrogens with zero attached hydrogens (tertiary/aromatic N) is 1. The van der Waals surface area contributed by atoms with Crippen LogP contribution in [0.1, 0.15) is 18.1 Å².